The summed E-state index contributed by atoms with van der Waals surface area (Å²) in [4.78, 5) is 28.2. The average molecular weight is 530 g/mol. The molecule has 1 unspecified atom stereocenters. The van der Waals surface area contributed by atoms with Crippen LogP contribution in [-0.2, 0) is 9.84 Å². The standard InChI is InChI=1S/C19H13Cl2N3O5S3/c1-9-8-32(28,29)16-4-10(2-3-11(9)16)23-18(25)15-5-14(24(26)27)19(30-15)31-17-12(20)6-22-7-13(17)21/h2-7,9H,8H2,1H3,(H,23,25). The molecule has 2 aromatic heterocycles. The van der Waals surface area contributed by atoms with Gasteiger partial charge in [0.15, 0.2) is 9.84 Å². The molecule has 3 aromatic rings. The number of carbonyl (C=O) groups is 1. The van der Waals surface area contributed by atoms with Crippen molar-refractivity contribution in [3.63, 3.8) is 0 Å². The summed E-state index contributed by atoms with van der Waals surface area (Å²) in [6.07, 6.45) is 2.73. The molecule has 1 N–H and O–H groups in total. The number of rotatable bonds is 5. The fourth-order valence-electron chi connectivity index (χ4n) is 3.26. The van der Waals surface area contributed by atoms with E-state index >= 15 is 0 Å². The molecule has 0 aliphatic carbocycles. The van der Waals surface area contributed by atoms with Gasteiger partial charge in [0, 0.05) is 24.1 Å². The van der Waals surface area contributed by atoms with E-state index in [2.05, 4.69) is 10.3 Å². The molecule has 1 aromatic carbocycles. The fourth-order valence-corrected chi connectivity index (χ4v) is 7.97. The topological polar surface area (TPSA) is 119 Å². The Morgan fingerprint density at radius 3 is 2.62 bits per heavy atom. The third-order valence-electron chi connectivity index (χ3n) is 4.71. The first-order valence-corrected chi connectivity index (χ1v) is 13.0. The zero-order valence-electron chi connectivity index (χ0n) is 16.2. The van der Waals surface area contributed by atoms with Crippen LogP contribution in [0.5, 0.6) is 0 Å². The second kappa shape index (κ2) is 8.64. The zero-order chi connectivity index (χ0) is 23.2. The third-order valence-corrected chi connectivity index (χ3v) is 9.93. The highest BCUT2D eigenvalue weighted by atomic mass is 35.5. The molecule has 166 valence electrons. The van der Waals surface area contributed by atoms with E-state index in [0.717, 1.165) is 29.2 Å². The molecule has 0 saturated carbocycles. The zero-order valence-corrected chi connectivity index (χ0v) is 20.1. The number of anilines is 1. The van der Waals surface area contributed by atoms with Crippen molar-refractivity contribution in [3.05, 3.63) is 67.3 Å². The molecule has 1 aliphatic rings. The van der Waals surface area contributed by atoms with E-state index in [0.29, 0.717) is 10.5 Å². The SMILES string of the molecule is CC1CS(=O)(=O)c2cc(NC(=O)c3cc([N+](=O)[O-])c(Sc4c(Cl)cncc4Cl)s3)ccc21. The first kappa shape index (κ1) is 23.0. The molecule has 13 heteroatoms. The largest absolute Gasteiger partial charge is 0.321 e. The molecule has 1 aliphatic heterocycles. The van der Waals surface area contributed by atoms with Crippen molar-refractivity contribution in [1.82, 2.24) is 4.98 Å². The number of carbonyl (C=O) groups excluding carboxylic acids is 1. The number of nitrogens with one attached hydrogen (secondary N) is 1. The number of thiophene rings is 1. The smallest absolute Gasteiger partial charge is 0.294 e. The number of halogens is 2. The molecule has 8 nitrogen and oxygen atoms in total. The van der Waals surface area contributed by atoms with Gasteiger partial charge in [0.2, 0.25) is 0 Å². The summed E-state index contributed by atoms with van der Waals surface area (Å²) >= 11 is 14.1. The Morgan fingerprint density at radius 1 is 1.28 bits per heavy atom. The number of nitro groups is 1. The number of benzene rings is 1. The molecule has 1 amide bonds. The lowest BCUT2D eigenvalue weighted by atomic mass is 10.0. The van der Waals surface area contributed by atoms with Crippen molar-refractivity contribution < 1.29 is 18.1 Å². The second-order valence-corrected chi connectivity index (χ2v) is 12.1. The maximum absolute atomic E-state index is 12.8. The summed E-state index contributed by atoms with van der Waals surface area (Å²) in [6.45, 7) is 1.83. The van der Waals surface area contributed by atoms with E-state index in [-0.39, 0.29) is 47.1 Å². The highest BCUT2D eigenvalue weighted by Gasteiger charge is 2.32. The van der Waals surface area contributed by atoms with Crippen molar-refractivity contribution in [2.45, 2.75) is 26.8 Å². The normalized spacial score (nSPS) is 16.5. The summed E-state index contributed by atoms with van der Waals surface area (Å²) < 4.78 is 24.8. The highest BCUT2D eigenvalue weighted by molar-refractivity contribution is 8.01. The van der Waals surface area contributed by atoms with Gasteiger partial charge >= 0.3 is 0 Å². The fraction of sp³-hybridized carbons (Fsp3) is 0.158. The van der Waals surface area contributed by atoms with E-state index in [1.807, 2.05) is 6.92 Å². The van der Waals surface area contributed by atoms with Crippen LogP contribution in [0.1, 0.15) is 28.1 Å². The van der Waals surface area contributed by atoms with Crippen LogP contribution in [-0.4, -0.2) is 30.0 Å². The molecule has 1 atom stereocenters. The van der Waals surface area contributed by atoms with Gasteiger partial charge < -0.3 is 5.32 Å². The molecule has 0 bridgehead atoms. The monoisotopic (exact) mass is 529 g/mol. The van der Waals surface area contributed by atoms with Gasteiger partial charge in [-0.15, -0.1) is 11.3 Å². The van der Waals surface area contributed by atoms with E-state index in [9.17, 15) is 23.3 Å². The van der Waals surface area contributed by atoms with E-state index in [4.69, 9.17) is 23.2 Å². The molecule has 0 radical (unpaired) electrons. The van der Waals surface area contributed by atoms with Gasteiger partial charge in [-0.2, -0.15) is 0 Å². The van der Waals surface area contributed by atoms with E-state index < -0.39 is 20.7 Å². The van der Waals surface area contributed by atoms with Crippen LogP contribution in [0, 0.1) is 10.1 Å². The van der Waals surface area contributed by atoms with Crippen molar-refractivity contribution in [2.24, 2.45) is 0 Å². The second-order valence-electron chi connectivity index (χ2n) is 6.96. The van der Waals surface area contributed by atoms with Crippen LogP contribution in [0.15, 0.2) is 50.7 Å². The summed E-state index contributed by atoms with van der Waals surface area (Å²) in [5, 5.41) is 14.6. The minimum Gasteiger partial charge on any atom is -0.321 e. The summed E-state index contributed by atoms with van der Waals surface area (Å²) in [7, 11) is -3.41. The third kappa shape index (κ3) is 4.35. The van der Waals surface area contributed by atoms with Crippen LogP contribution in [0.3, 0.4) is 0 Å². The van der Waals surface area contributed by atoms with Crippen molar-refractivity contribution in [1.29, 1.82) is 0 Å². The molecule has 0 spiro atoms. The number of amides is 1. The number of aromatic nitrogens is 1. The molecule has 3 heterocycles. The molecule has 0 fully saturated rings. The predicted molar refractivity (Wildman–Crippen MR) is 124 cm³/mol. The van der Waals surface area contributed by atoms with E-state index in [1.165, 1.54) is 18.5 Å². The molecule has 32 heavy (non-hydrogen) atoms. The number of nitrogens with zero attached hydrogens (tertiary/aromatic N) is 2. The van der Waals surface area contributed by atoms with E-state index in [1.54, 1.807) is 12.1 Å². The van der Waals surface area contributed by atoms with Gasteiger partial charge in [-0.25, -0.2) is 8.42 Å². The Labute approximate surface area is 201 Å². The summed E-state index contributed by atoms with van der Waals surface area (Å²) in [5.74, 6) is -0.691. The van der Waals surface area contributed by atoms with Gasteiger partial charge in [0.05, 0.1) is 30.5 Å². The number of hydrogen-bond donors (Lipinski definition) is 1. The van der Waals surface area contributed by atoms with Crippen molar-refractivity contribution in [3.8, 4) is 0 Å². The maximum atomic E-state index is 12.8. The molecular formula is C19H13Cl2N3O5S3. The van der Waals surface area contributed by atoms with Crippen LogP contribution in [0.4, 0.5) is 11.4 Å². The van der Waals surface area contributed by atoms with Crippen LogP contribution < -0.4 is 5.32 Å². The van der Waals surface area contributed by atoms with Gasteiger partial charge in [-0.3, -0.25) is 19.9 Å². The minimum absolute atomic E-state index is 0.0254. The molecular weight excluding hydrogens is 517 g/mol. The predicted octanol–water partition coefficient (Wildman–Crippen LogP) is 5.65. The molecule has 4 rings (SSSR count). The Morgan fingerprint density at radius 2 is 1.97 bits per heavy atom. The quantitative estimate of drug-likeness (QED) is 0.334. The summed E-state index contributed by atoms with van der Waals surface area (Å²) in [6, 6.07) is 5.87. The first-order chi connectivity index (χ1) is 15.1. The van der Waals surface area contributed by atoms with Crippen molar-refractivity contribution >= 4 is 73.4 Å². The average Bonchev–Trinajstić information content (AvgIpc) is 3.24. The summed E-state index contributed by atoms with van der Waals surface area (Å²) in [5.41, 5.74) is 0.732. The lowest BCUT2D eigenvalue weighted by molar-refractivity contribution is -0.387. The Bertz CT molecular complexity index is 1350. The number of pyridine rings is 1. The number of fused-ring (bicyclic) bond motifs is 1. The van der Waals surface area contributed by atoms with Gasteiger partial charge in [0.1, 0.15) is 9.09 Å². The maximum Gasteiger partial charge on any atom is 0.294 e. The van der Waals surface area contributed by atoms with Gasteiger partial charge in [-0.1, -0.05) is 48.0 Å². The minimum atomic E-state index is -3.41. The first-order valence-electron chi connectivity index (χ1n) is 9.00. The molecule has 0 saturated heterocycles. The van der Waals surface area contributed by atoms with Crippen LogP contribution in [0.25, 0.3) is 0 Å². The van der Waals surface area contributed by atoms with Crippen molar-refractivity contribution in [2.75, 3.05) is 11.1 Å². The lowest BCUT2D eigenvalue weighted by Gasteiger charge is -2.07. The number of sulfone groups is 1. The van der Waals surface area contributed by atoms with Gasteiger partial charge in [-0.05, 0) is 23.6 Å². The highest BCUT2D eigenvalue weighted by Crippen LogP contribution is 2.46. The Kier molecular flexibility index (Phi) is 6.21. The van der Waals surface area contributed by atoms with Crippen LogP contribution in [0.2, 0.25) is 10.0 Å². The van der Waals surface area contributed by atoms with Gasteiger partial charge in [0.25, 0.3) is 11.6 Å². The Balaban J connectivity index is 1.63. The Hall–Kier alpha value is -2.18. The lowest BCUT2D eigenvalue weighted by Crippen LogP contribution is -2.10. The number of hydrogen-bond acceptors (Lipinski definition) is 8. The van der Waals surface area contributed by atoms with Crippen LogP contribution >= 0.6 is 46.3 Å².